The molecule has 6 nitrogen and oxygen atoms in total. The van der Waals surface area contributed by atoms with Gasteiger partial charge in [-0.3, -0.25) is 9.52 Å². The van der Waals surface area contributed by atoms with Crippen LogP contribution in [0.2, 0.25) is 0 Å². The molecule has 1 amide bonds. The SMILES string of the molecule is CON1CCC(CC(=O)NS(=O)(=O)CCC2CCCCC2)CC1. The summed E-state index contributed by atoms with van der Waals surface area (Å²) in [5.74, 6) is 0.471. The van der Waals surface area contributed by atoms with Crippen LogP contribution in [0.4, 0.5) is 0 Å². The average molecular weight is 346 g/mol. The first-order valence-corrected chi connectivity index (χ1v) is 10.5. The topological polar surface area (TPSA) is 75.7 Å². The van der Waals surface area contributed by atoms with Gasteiger partial charge < -0.3 is 4.84 Å². The van der Waals surface area contributed by atoms with Gasteiger partial charge in [-0.15, -0.1) is 0 Å². The zero-order valence-electron chi connectivity index (χ0n) is 14.1. The molecule has 0 bridgehead atoms. The molecule has 0 aromatic heterocycles. The Balaban J connectivity index is 1.68. The van der Waals surface area contributed by atoms with Gasteiger partial charge in [-0.25, -0.2) is 8.42 Å². The van der Waals surface area contributed by atoms with Gasteiger partial charge in [0.1, 0.15) is 0 Å². The van der Waals surface area contributed by atoms with Crippen molar-refractivity contribution < 1.29 is 18.0 Å². The lowest BCUT2D eigenvalue weighted by Gasteiger charge is -2.29. The fourth-order valence-electron chi connectivity index (χ4n) is 3.62. The molecule has 1 saturated heterocycles. The Labute approximate surface area is 140 Å². The van der Waals surface area contributed by atoms with E-state index < -0.39 is 10.0 Å². The maximum Gasteiger partial charge on any atom is 0.234 e. The van der Waals surface area contributed by atoms with E-state index in [0.29, 0.717) is 18.8 Å². The van der Waals surface area contributed by atoms with E-state index in [-0.39, 0.29) is 17.6 Å². The van der Waals surface area contributed by atoms with E-state index in [1.807, 2.05) is 5.06 Å². The Morgan fingerprint density at radius 1 is 1.09 bits per heavy atom. The summed E-state index contributed by atoms with van der Waals surface area (Å²) >= 11 is 0. The molecule has 0 unspecified atom stereocenters. The molecule has 0 aromatic carbocycles. The fraction of sp³-hybridized carbons (Fsp3) is 0.938. The standard InChI is InChI=1S/C16H30N2O4S/c1-22-18-10-7-15(8-11-18)13-16(19)17-23(20,21)12-9-14-5-3-2-4-6-14/h14-15H,2-13H2,1H3,(H,17,19). The summed E-state index contributed by atoms with van der Waals surface area (Å²) in [6.45, 7) is 1.59. The van der Waals surface area contributed by atoms with Crippen LogP contribution in [0, 0.1) is 11.8 Å². The highest BCUT2D eigenvalue weighted by Gasteiger charge is 2.24. The molecule has 134 valence electrons. The fourth-order valence-corrected chi connectivity index (χ4v) is 4.80. The van der Waals surface area contributed by atoms with Gasteiger partial charge in [0.05, 0.1) is 12.9 Å². The number of piperidine rings is 1. The van der Waals surface area contributed by atoms with E-state index in [1.54, 1.807) is 7.11 Å². The van der Waals surface area contributed by atoms with Gasteiger partial charge in [-0.1, -0.05) is 32.1 Å². The molecule has 0 radical (unpaired) electrons. The number of carbonyl (C=O) groups is 1. The molecule has 1 heterocycles. The van der Waals surface area contributed by atoms with Gasteiger partial charge in [-0.2, -0.15) is 5.06 Å². The highest BCUT2D eigenvalue weighted by atomic mass is 32.2. The van der Waals surface area contributed by atoms with Crippen LogP contribution in [0.25, 0.3) is 0 Å². The number of nitrogens with zero attached hydrogens (tertiary/aromatic N) is 1. The second kappa shape index (κ2) is 8.99. The number of hydroxylamine groups is 2. The number of carbonyl (C=O) groups excluding carboxylic acids is 1. The van der Waals surface area contributed by atoms with Crippen molar-refractivity contribution in [3.63, 3.8) is 0 Å². The molecule has 1 saturated carbocycles. The number of sulfonamides is 1. The summed E-state index contributed by atoms with van der Waals surface area (Å²) < 4.78 is 26.4. The zero-order chi connectivity index (χ0) is 16.7. The van der Waals surface area contributed by atoms with E-state index in [2.05, 4.69) is 4.72 Å². The third-order valence-corrected chi connectivity index (χ3v) is 6.41. The minimum atomic E-state index is -3.48. The number of nitrogens with one attached hydrogen (secondary N) is 1. The first kappa shape index (κ1) is 18.7. The van der Waals surface area contributed by atoms with E-state index in [4.69, 9.17) is 4.84 Å². The van der Waals surface area contributed by atoms with Crippen molar-refractivity contribution in [3.8, 4) is 0 Å². The van der Waals surface area contributed by atoms with Gasteiger partial charge in [0, 0.05) is 19.5 Å². The molecule has 23 heavy (non-hydrogen) atoms. The van der Waals surface area contributed by atoms with Crippen LogP contribution < -0.4 is 4.72 Å². The van der Waals surface area contributed by atoms with Crippen molar-refractivity contribution in [2.45, 2.75) is 57.8 Å². The van der Waals surface area contributed by atoms with Gasteiger partial charge in [0.2, 0.25) is 15.9 Å². The van der Waals surface area contributed by atoms with Crippen molar-refractivity contribution in [1.29, 1.82) is 0 Å². The molecule has 2 aliphatic rings. The van der Waals surface area contributed by atoms with Crippen LogP contribution >= 0.6 is 0 Å². The zero-order valence-corrected chi connectivity index (χ0v) is 14.9. The first-order chi connectivity index (χ1) is 11.0. The second-order valence-corrected chi connectivity index (χ2v) is 8.74. The predicted octanol–water partition coefficient (Wildman–Crippen LogP) is 2.07. The van der Waals surface area contributed by atoms with Crippen LogP contribution in [0.15, 0.2) is 0 Å². The molecule has 7 heteroatoms. The van der Waals surface area contributed by atoms with E-state index in [1.165, 1.54) is 19.3 Å². The maximum atomic E-state index is 12.1. The van der Waals surface area contributed by atoms with E-state index >= 15 is 0 Å². The smallest absolute Gasteiger partial charge is 0.234 e. The van der Waals surface area contributed by atoms with Gasteiger partial charge in [-0.05, 0) is 31.1 Å². The Morgan fingerprint density at radius 3 is 2.35 bits per heavy atom. The number of hydrogen-bond acceptors (Lipinski definition) is 5. The van der Waals surface area contributed by atoms with Crippen molar-refractivity contribution in [1.82, 2.24) is 9.79 Å². The highest BCUT2D eigenvalue weighted by Crippen LogP contribution is 2.26. The summed E-state index contributed by atoms with van der Waals surface area (Å²) in [5, 5.41) is 1.87. The molecule has 0 atom stereocenters. The molecular formula is C16H30N2O4S. The van der Waals surface area contributed by atoms with Crippen LogP contribution in [-0.2, 0) is 19.7 Å². The lowest BCUT2D eigenvalue weighted by molar-refractivity contribution is -0.149. The van der Waals surface area contributed by atoms with E-state index in [9.17, 15) is 13.2 Å². The molecule has 0 spiro atoms. The van der Waals surface area contributed by atoms with Crippen LogP contribution in [-0.4, -0.2) is 45.3 Å². The van der Waals surface area contributed by atoms with Crippen LogP contribution in [0.1, 0.15) is 57.8 Å². The Bertz CT molecular complexity index is 466. The maximum absolute atomic E-state index is 12.1. The Hall–Kier alpha value is -0.660. The van der Waals surface area contributed by atoms with Crippen LogP contribution in [0.5, 0.6) is 0 Å². The third-order valence-electron chi connectivity index (χ3n) is 5.09. The molecule has 0 aromatic rings. The predicted molar refractivity (Wildman–Crippen MR) is 89.0 cm³/mol. The summed E-state index contributed by atoms with van der Waals surface area (Å²) in [4.78, 5) is 17.1. The highest BCUT2D eigenvalue weighted by molar-refractivity contribution is 7.90. The first-order valence-electron chi connectivity index (χ1n) is 8.81. The van der Waals surface area contributed by atoms with Gasteiger partial charge >= 0.3 is 0 Å². The van der Waals surface area contributed by atoms with Crippen LogP contribution in [0.3, 0.4) is 0 Å². The Morgan fingerprint density at radius 2 is 1.74 bits per heavy atom. The quantitative estimate of drug-likeness (QED) is 0.764. The second-order valence-electron chi connectivity index (χ2n) is 6.90. The van der Waals surface area contributed by atoms with Crippen molar-refractivity contribution >= 4 is 15.9 Å². The van der Waals surface area contributed by atoms with Crippen molar-refractivity contribution in [2.75, 3.05) is 26.0 Å². The average Bonchev–Trinajstić information content (AvgIpc) is 2.54. The normalized spacial score (nSPS) is 22.1. The van der Waals surface area contributed by atoms with Gasteiger partial charge in [0.15, 0.2) is 0 Å². The molecule has 1 aliphatic heterocycles. The summed E-state index contributed by atoms with van der Waals surface area (Å²) in [6, 6.07) is 0. The minimum absolute atomic E-state index is 0.0749. The van der Waals surface area contributed by atoms with Crippen molar-refractivity contribution in [3.05, 3.63) is 0 Å². The number of rotatable bonds is 7. The molecule has 2 rings (SSSR count). The molecule has 2 fully saturated rings. The monoisotopic (exact) mass is 346 g/mol. The third kappa shape index (κ3) is 6.77. The largest absolute Gasteiger partial charge is 0.302 e. The van der Waals surface area contributed by atoms with E-state index in [0.717, 1.165) is 38.8 Å². The summed E-state index contributed by atoms with van der Waals surface area (Å²) in [5.41, 5.74) is 0. The lowest BCUT2D eigenvalue weighted by Crippen LogP contribution is -2.37. The summed E-state index contributed by atoms with van der Waals surface area (Å²) in [7, 11) is -1.84. The minimum Gasteiger partial charge on any atom is -0.302 e. The lowest BCUT2D eigenvalue weighted by atomic mass is 9.88. The number of amides is 1. The molecular weight excluding hydrogens is 316 g/mol. The summed E-state index contributed by atoms with van der Waals surface area (Å²) in [6.07, 6.45) is 8.63. The van der Waals surface area contributed by atoms with Crippen molar-refractivity contribution in [2.24, 2.45) is 11.8 Å². The molecule has 1 aliphatic carbocycles. The molecule has 1 N–H and O–H groups in total. The Kier molecular flexibility index (Phi) is 7.30. The number of hydrogen-bond donors (Lipinski definition) is 1. The van der Waals surface area contributed by atoms with Gasteiger partial charge in [0.25, 0.3) is 0 Å².